The number of hydrogen-bond acceptors (Lipinski definition) is 2. The maximum atomic E-state index is 5.72. The predicted octanol–water partition coefficient (Wildman–Crippen LogP) is 3.05. The summed E-state index contributed by atoms with van der Waals surface area (Å²) in [5.74, 6) is 0. The van der Waals surface area contributed by atoms with Crippen LogP contribution in [-0.4, -0.2) is 9.97 Å². The lowest BCUT2D eigenvalue weighted by Gasteiger charge is -1.97. The number of aromatic nitrogens is 2. The Morgan fingerprint density at radius 2 is 2.08 bits per heavy atom. The average Bonchev–Trinajstić information content (AvgIpc) is 2.04. The Labute approximate surface area is 82.7 Å². The molecule has 0 radical (unpaired) electrons. The van der Waals surface area contributed by atoms with Crippen molar-refractivity contribution in [3.8, 4) is 0 Å². The molecule has 2 nitrogen and oxygen atoms in total. The fraction of sp³-hybridized carbons (Fsp3) is 0. The van der Waals surface area contributed by atoms with Gasteiger partial charge in [-0.05, 0) is 34.1 Å². The number of rotatable bonds is 0. The molecule has 0 amide bonds. The summed E-state index contributed by atoms with van der Waals surface area (Å²) in [6.07, 6.45) is 1.69. The fourth-order valence-corrected chi connectivity index (χ4v) is 1.60. The third-order valence-electron chi connectivity index (χ3n) is 1.53. The van der Waals surface area contributed by atoms with Crippen molar-refractivity contribution < 1.29 is 0 Å². The van der Waals surface area contributed by atoms with Crippen LogP contribution in [0, 0.1) is 0 Å². The Morgan fingerprint density at radius 1 is 1.25 bits per heavy atom. The maximum Gasteiger partial charge on any atom is 0.129 e. The number of halogens is 2. The minimum atomic E-state index is 0.501. The van der Waals surface area contributed by atoms with Crippen LogP contribution in [0.5, 0.6) is 0 Å². The summed E-state index contributed by atoms with van der Waals surface area (Å²) in [6, 6.07) is 5.46. The van der Waals surface area contributed by atoms with Gasteiger partial charge in [0.15, 0.2) is 0 Å². The molecule has 2 aromatic rings. The second-order valence-corrected chi connectivity index (χ2v) is 3.44. The first-order chi connectivity index (χ1) is 5.77. The summed E-state index contributed by atoms with van der Waals surface area (Å²) >= 11 is 9.05. The van der Waals surface area contributed by atoms with E-state index in [0.717, 1.165) is 15.5 Å². The van der Waals surface area contributed by atoms with E-state index in [1.807, 2.05) is 12.1 Å². The van der Waals surface area contributed by atoms with Crippen LogP contribution in [0.3, 0.4) is 0 Å². The average molecular weight is 243 g/mol. The van der Waals surface area contributed by atoms with Crippen molar-refractivity contribution in [1.82, 2.24) is 9.97 Å². The van der Waals surface area contributed by atoms with Crippen LogP contribution in [0.15, 0.2) is 29.0 Å². The summed E-state index contributed by atoms with van der Waals surface area (Å²) in [5.41, 5.74) is 0.851. The topological polar surface area (TPSA) is 25.8 Å². The van der Waals surface area contributed by atoms with Crippen molar-refractivity contribution in [2.24, 2.45) is 0 Å². The molecule has 0 aromatic carbocycles. The zero-order valence-electron chi connectivity index (χ0n) is 5.96. The lowest BCUT2D eigenvalue weighted by molar-refractivity contribution is 1.29. The molecule has 0 aliphatic rings. The van der Waals surface area contributed by atoms with Crippen LogP contribution in [0.2, 0.25) is 5.15 Å². The zero-order valence-corrected chi connectivity index (χ0v) is 8.30. The Bertz CT molecular complexity index is 430. The monoisotopic (exact) mass is 242 g/mol. The van der Waals surface area contributed by atoms with Crippen LogP contribution in [-0.2, 0) is 0 Å². The first kappa shape index (κ1) is 7.95. The van der Waals surface area contributed by atoms with Gasteiger partial charge in [-0.3, -0.25) is 0 Å². The van der Waals surface area contributed by atoms with Crippen molar-refractivity contribution >= 4 is 38.4 Å². The maximum absolute atomic E-state index is 5.72. The van der Waals surface area contributed by atoms with E-state index in [1.165, 1.54) is 0 Å². The van der Waals surface area contributed by atoms with E-state index < -0.39 is 0 Å². The lowest BCUT2D eigenvalue weighted by Crippen LogP contribution is -1.82. The van der Waals surface area contributed by atoms with Gasteiger partial charge >= 0.3 is 0 Å². The van der Waals surface area contributed by atoms with Gasteiger partial charge in [-0.25, -0.2) is 9.97 Å². The molecule has 0 bridgehead atoms. The molecule has 0 fully saturated rings. The van der Waals surface area contributed by atoms with E-state index in [9.17, 15) is 0 Å². The number of pyridine rings is 2. The molecule has 0 aliphatic heterocycles. The van der Waals surface area contributed by atoms with Gasteiger partial charge < -0.3 is 0 Å². The van der Waals surface area contributed by atoms with Crippen molar-refractivity contribution in [3.05, 3.63) is 34.2 Å². The van der Waals surface area contributed by atoms with E-state index in [-0.39, 0.29) is 0 Å². The summed E-state index contributed by atoms with van der Waals surface area (Å²) in [4.78, 5) is 8.20. The molecule has 60 valence electrons. The van der Waals surface area contributed by atoms with Gasteiger partial charge in [-0.15, -0.1) is 0 Å². The van der Waals surface area contributed by atoms with Crippen LogP contribution < -0.4 is 0 Å². The molecular weight excluding hydrogens is 239 g/mol. The smallest absolute Gasteiger partial charge is 0.129 e. The third-order valence-corrected chi connectivity index (χ3v) is 2.38. The molecule has 12 heavy (non-hydrogen) atoms. The van der Waals surface area contributed by atoms with E-state index in [4.69, 9.17) is 11.6 Å². The first-order valence-corrected chi connectivity index (χ1v) is 4.51. The number of nitrogens with zero attached hydrogens (tertiary/aromatic N) is 2. The minimum absolute atomic E-state index is 0.501. The molecule has 0 saturated carbocycles. The summed E-state index contributed by atoms with van der Waals surface area (Å²) in [5, 5.41) is 1.47. The largest absolute Gasteiger partial charge is 0.249 e. The molecule has 0 atom stereocenters. The van der Waals surface area contributed by atoms with Gasteiger partial charge in [-0.1, -0.05) is 11.6 Å². The van der Waals surface area contributed by atoms with Crippen molar-refractivity contribution in [2.45, 2.75) is 0 Å². The van der Waals surface area contributed by atoms with Crippen molar-refractivity contribution in [1.29, 1.82) is 0 Å². The van der Waals surface area contributed by atoms with Crippen LogP contribution >= 0.6 is 27.5 Å². The van der Waals surface area contributed by atoms with Crippen LogP contribution in [0.25, 0.3) is 10.9 Å². The van der Waals surface area contributed by atoms with Gasteiger partial charge in [0.05, 0.1) is 5.52 Å². The summed E-state index contributed by atoms with van der Waals surface area (Å²) in [6.45, 7) is 0. The van der Waals surface area contributed by atoms with Crippen LogP contribution in [0.4, 0.5) is 0 Å². The summed E-state index contributed by atoms with van der Waals surface area (Å²) < 4.78 is 0.796. The second-order valence-electron chi connectivity index (χ2n) is 2.30. The highest BCUT2D eigenvalue weighted by Crippen LogP contribution is 2.21. The molecule has 0 N–H and O–H groups in total. The molecule has 0 unspecified atom stereocenters. The molecule has 2 aromatic heterocycles. The van der Waals surface area contributed by atoms with Gasteiger partial charge in [0.25, 0.3) is 0 Å². The van der Waals surface area contributed by atoms with E-state index in [0.29, 0.717) is 5.15 Å². The Balaban J connectivity index is 2.86. The minimum Gasteiger partial charge on any atom is -0.249 e. The van der Waals surface area contributed by atoms with E-state index in [1.54, 1.807) is 12.3 Å². The normalized spacial score (nSPS) is 10.5. The van der Waals surface area contributed by atoms with Gasteiger partial charge in [-0.2, -0.15) is 0 Å². The predicted molar refractivity (Wildman–Crippen MR) is 52.2 cm³/mol. The quantitative estimate of drug-likeness (QED) is 0.665. The number of hydrogen-bond donors (Lipinski definition) is 0. The molecule has 0 aliphatic carbocycles. The van der Waals surface area contributed by atoms with Crippen molar-refractivity contribution in [3.63, 3.8) is 0 Å². The summed E-state index contributed by atoms with van der Waals surface area (Å²) in [7, 11) is 0. The van der Waals surface area contributed by atoms with Gasteiger partial charge in [0.2, 0.25) is 0 Å². The molecule has 4 heteroatoms. The molecule has 0 spiro atoms. The standard InChI is InChI=1S/C8H4BrClN2/c9-8-5-1-2-7(10)12-6(5)3-4-11-8/h1-4H. The third kappa shape index (κ3) is 1.30. The molecule has 2 rings (SSSR count). The highest BCUT2D eigenvalue weighted by atomic mass is 79.9. The number of fused-ring (bicyclic) bond motifs is 1. The lowest BCUT2D eigenvalue weighted by atomic mass is 10.3. The SMILES string of the molecule is Clc1ccc2c(Br)nccc2n1. The Kier molecular flexibility index (Phi) is 1.98. The fourth-order valence-electron chi connectivity index (χ4n) is 0.994. The Hall–Kier alpha value is -0.670. The van der Waals surface area contributed by atoms with Gasteiger partial charge in [0.1, 0.15) is 9.76 Å². The zero-order chi connectivity index (χ0) is 8.55. The molecule has 2 heterocycles. The highest BCUT2D eigenvalue weighted by Gasteiger charge is 1.99. The van der Waals surface area contributed by atoms with Crippen molar-refractivity contribution in [2.75, 3.05) is 0 Å². The molecule has 0 saturated heterocycles. The van der Waals surface area contributed by atoms with E-state index >= 15 is 0 Å². The highest BCUT2D eigenvalue weighted by molar-refractivity contribution is 9.10. The molecular formula is C8H4BrClN2. The van der Waals surface area contributed by atoms with E-state index in [2.05, 4.69) is 25.9 Å². The van der Waals surface area contributed by atoms with Crippen LogP contribution in [0.1, 0.15) is 0 Å². The Morgan fingerprint density at radius 3 is 2.92 bits per heavy atom. The van der Waals surface area contributed by atoms with Gasteiger partial charge in [0, 0.05) is 11.6 Å². The second kappa shape index (κ2) is 2.99. The first-order valence-electron chi connectivity index (χ1n) is 3.34.